The molecule has 0 saturated heterocycles. The first-order valence-electron chi connectivity index (χ1n) is 4.30. The Bertz CT molecular complexity index is 305. The van der Waals surface area contributed by atoms with Crippen molar-refractivity contribution >= 4 is 5.91 Å². The molecule has 6 nitrogen and oxygen atoms in total. The average Bonchev–Trinajstić information content (AvgIpc) is 2.54. The lowest BCUT2D eigenvalue weighted by atomic mass is 9.99. The number of hydrogen-bond donors (Lipinski definition) is 3. The van der Waals surface area contributed by atoms with E-state index >= 15 is 0 Å². The van der Waals surface area contributed by atoms with Gasteiger partial charge in [-0.2, -0.15) is 15.4 Å². The zero-order valence-corrected chi connectivity index (χ0v) is 8.40. The minimum atomic E-state index is -0.684. The van der Waals surface area contributed by atoms with Crippen LogP contribution in [0.3, 0.4) is 0 Å². The summed E-state index contributed by atoms with van der Waals surface area (Å²) in [4.78, 5) is 11.5. The zero-order chi connectivity index (χ0) is 10.8. The molecule has 78 valence electrons. The standard InChI is InChI=1S/C8H14N4O2/c1-5(13)8(2,3)10-7(14)6-4-9-12-11-6/h4-5,13H,1-3H3,(H,10,14)(H,9,11,12). The normalized spacial score (nSPS) is 13.7. The van der Waals surface area contributed by atoms with Crippen LogP contribution in [-0.4, -0.2) is 38.1 Å². The van der Waals surface area contributed by atoms with Crippen LogP contribution in [0.4, 0.5) is 0 Å². The summed E-state index contributed by atoms with van der Waals surface area (Å²) in [6, 6.07) is 0. The maximum absolute atomic E-state index is 11.5. The number of H-pyrrole nitrogens is 1. The van der Waals surface area contributed by atoms with Crippen LogP contribution in [0.25, 0.3) is 0 Å². The van der Waals surface area contributed by atoms with Crippen LogP contribution in [0.2, 0.25) is 0 Å². The highest BCUT2D eigenvalue weighted by Crippen LogP contribution is 2.08. The van der Waals surface area contributed by atoms with Crippen molar-refractivity contribution in [1.82, 2.24) is 20.7 Å². The second-order valence-corrected chi connectivity index (χ2v) is 3.71. The van der Waals surface area contributed by atoms with Crippen LogP contribution in [0.15, 0.2) is 6.20 Å². The maximum atomic E-state index is 11.5. The molecule has 0 bridgehead atoms. The third-order valence-corrected chi connectivity index (χ3v) is 2.13. The molecule has 14 heavy (non-hydrogen) atoms. The molecule has 0 radical (unpaired) electrons. The second-order valence-electron chi connectivity index (χ2n) is 3.71. The van der Waals surface area contributed by atoms with Crippen LogP contribution < -0.4 is 5.32 Å². The van der Waals surface area contributed by atoms with Crippen LogP contribution in [0.1, 0.15) is 31.3 Å². The summed E-state index contributed by atoms with van der Waals surface area (Å²) in [5, 5.41) is 21.5. The molecular weight excluding hydrogens is 184 g/mol. The summed E-state index contributed by atoms with van der Waals surface area (Å²) in [5.41, 5.74) is -0.477. The number of hydrogen-bond acceptors (Lipinski definition) is 4. The minimum Gasteiger partial charge on any atom is -0.391 e. The number of amides is 1. The largest absolute Gasteiger partial charge is 0.391 e. The van der Waals surface area contributed by atoms with E-state index in [2.05, 4.69) is 20.7 Å². The monoisotopic (exact) mass is 198 g/mol. The Morgan fingerprint density at radius 2 is 2.36 bits per heavy atom. The molecular formula is C8H14N4O2. The molecule has 1 aromatic rings. The number of carbonyl (C=O) groups excluding carboxylic acids is 1. The van der Waals surface area contributed by atoms with E-state index in [1.807, 2.05) is 0 Å². The quantitative estimate of drug-likeness (QED) is 0.621. The van der Waals surface area contributed by atoms with Crippen LogP contribution >= 0.6 is 0 Å². The smallest absolute Gasteiger partial charge is 0.273 e. The molecule has 3 N–H and O–H groups in total. The molecule has 0 aliphatic carbocycles. The van der Waals surface area contributed by atoms with Gasteiger partial charge in [0.1, 0.15) is 0 Å². The van der Waals surface area contributed by atoms with Gasteiger partial charge in [-0.1, -0.05) is 0 Å². The highest BCUT2D eigenvalue weighted by molar-refractivity contribution is 5.92. The van der Waals surface area contributed by atoms with E-state index in [0.717, 1.165) is 0 Å². The van der Waals surface area contributed by atoms with Crippen molar-refractivity contribution in [3.8, 4) is 0 Å². The SMILES string of the molecule is CC(O)C(C)(C)NC(=O)c1cn[nH]n1. The lowest BCUT2D eigenvalue weighted by molar-refractivity contribution is 0.0705. The van der Waals surface area contributed by atoms with E-state index < -0.39 is 11.6 Å². The third kappa shape index (κ3) is 2.29. The first-order valence-corrected chi connectivity index (χ1v) is 4.30. The van der Waals surface area contributed by atoms with E-state index in [0.29, 0.717) is 0 Å². The molecule has 1 rings (SSSR count). The number of carbonyl (C=O) groups is 1. The van der Waals surface area contributed by atoms with Crippen LogP contribution in [0, 0.1) is 0 Å². The molecule has 0 spiro atoms. The van der Waals surface area contributed by atoms with Gasteiger partial charge < -0.3 is 10.4 Å². The predicted molar refractivity (Wildman–Crippen MR) is 49.6 cm³/mol. The van der Waals surface area contributed by atoms with Gasteiger partial charge in [0.15, 0.2) is 5.69 Å². The molecule has 0 aliphatic heterocycles. The number of nitrogens with one attached hydrogen (secondary N) is 2. The van der Waals surface area contributed by atoms with Crippen molar-refractivity contribution in [2.24, 2.45) is 0 Å². The number of nitrogens with zero attached hydrogens (tertiary/aromatic N) is 2. The van der Waals surface area contributed by atoms with E-state index in [-0.39, 0.29) is 11.6 Å². The highest BCUT2D eigenvalue weighted by Gasteiger charge is 2.27. The molecule has 0 aliphatic rings. The fourth-order valence-electron chi connectivity index (χ4n) is 0.772. The third-order valence-electron chi connectivity index (χ3n) is 2.13. The molecule has 6 heteroatoms. The van der Waals surface area contributed by atoms with E-state index in [9.17, 15) is 9.90 Å². The minimum absolute atomic E-state index is 0.207. The summed E-state index contributed by atoms with van der Waals surface area (Å²) in [5.74, 6) is -0.357. The molecule has 0 fully saturated rings. The first kappa shape index (κ1) is 10.6. The average molecular weight is 198 g/mol. The Morgan fingerprint density at radius 3 is 2.79 bits per heavy atom. The number of rotatable bonds is 3. The molecule has 1 atom stereocenters. The summed E-state index contributed by atoms with van der Waals surface area (Å²) in [6.45, 7) is 5.08. The van der Waals surface area contributed by atoms with Gasteiger partial charge in [-0.05, 0) is 20.8 Å². The number of aliphatic hydroxyl groups is 1. The van der Waals surface area contributed by atoms with Crippen molar-refractivity contribution in [3.63, 3.8) is 0 Å². The van der Waals surface area contributed by atoms with Gasteiger partial charge >= 0.3 is 0 Å². The Hall–Kier alpha value is -1.43. The topological polar surface area (TPSA) is 90.9 Å². The van der Waals surface area contributed by atoms with E-state index in [1.54, 1.807) is 20.8 Å². The lowest BCUT2D eigenvalue weighted by Crippen LogP contribution is -2.51. The fraction of sp³-hybridized carbons (Fsp3) is 0.625. The van der Waals surface area contributed by atoms with E-state index in [1.165, 1.54) is 6.20 Å². The van der Waals surface area contributed by atoms with Crippen LogP contribution in [-0.2, 0) is 0 Å². The zero-order valence-electron chi connectivity index (χ0n) is 8.40. The van der Waals surface area contributed by atoms with Crippen molar-refractivity contribution < 1.29 is 9.90 Å². The highest BCUT2D eigenvalue weighted by atomic mass is 16.3. The van der Waals surface area contributed by atoms with Gasteiger partial charge in [-0.3, -0.25) is 4.79 Å². The van der Waals surface area contributed by atoms with Gasteiger partial charge in [0.05, 0.1) is 17.8 Å². The van der Waals surface area contributed by atoms with Crippen molar-refractivity contribution in [1.29, 1.82) is 0 Å². The molecule has 1 heterocycles. The van der Waals surface area contributed by atoms with E-state index in [4.69, 9.17) is 0 Å². The van der Waals surface area contributed by atoms with Crippen LogP contribution in [0.5, 0.6) is 0 Å². The van der Waals surface area contributed by atoms with Gasteiger partial charge in [0.2, 0.25) is 0 Å². The summed E-state index contributed by atoms with van der Waals surface area (Å²) >= 11 is 0. The Balaban J connectivity index is 2.66. The summed E-state index contributed by atoms with van der Waals surface area (Å²) < 4.78 is 0. The second kappa shape index (κ2) is 3.75. The Morgan fingerprint density at radius 1 is 1.71 bits per heavy atom. The van der Waals surface area contributed by atoms with Gasteiger partial charge in [0.25, 0.3) is 5.91 Å². The number of aromatic amines is 1. The first-order chi connectivity index (χ1) is 6.43. The van der Waals surface area contributed by atoms with Crippen molar-refractivity contribution in [2.75, 3.05) is 0 Å². The number of aliphatic hydroxyl groups excluding tert-OH is 1. The maximum Gasteiger partial charge on any atom is 0.273 e. The summed E-state index contributed by atoms with van der Waals surface area (Å²) in [6.07, 6.45) is 0.686. The lowest BCUT2D eigenvalue weighted by Gasteiger charge is -2.28. The van der Waals surface area contributed by atoms with Gasteiger partial charge in [-0.15, -0.1) is 0 Å². The Labute approximate surface area is 81.7 Å². The predicted octanol–water partition coefficient (Wildman–Crippen LogP) is -0.306. The van der Waals surface area contributed by atoms with Gasteiger partial charge in [0, 0.05) is 0 Å². The molecule has 1 unspecified atom stereocenters. The van der Waals surface area contributed by atoms with Gasteiger partial charge in [-0.25, -0.2) is 0 Å². The molecule has 1 aromatic heterocycles. The van der Waals surface area contributed by atoms with Crippen molar-refractivity contribution in [2.45, 2.75) is 32.4 Å². The number of aromatic nitrogens is 3. The fourth-order valence-corrected chi connectivity index (χ4v) is 0.772. The molecule has 0 saturated carbocycles. The molecule has 0 aromatic carbocycles. The Kier molecular flexibility index (Phi) is 2.85. The summed E-state index contributed by atoms with van der Waals surface area (Å²) in [7, 11) is 0. The molecule has 1 amide bonds. The van der Waals surface area contributed by atoms with Crippen molar-refractivity contribution in [3.05, 3.63) is 11.9 Å².